The molecule has 1 unspecified atom stereocenters. The quantitative estimate of drug-likeness (QED) is 0.579. The first-order valence-corrected chi connectivity index (χ1v) is 10.7. The Morgan fingerprint density at radius 3 is 2.35 bits per heavy atom. The second-order valence-electron chi connectivity index (χ2n) is 9.70. The third-order valence-corrected chi connectivity index (χ3v) is 5.72. The standard InChI is InChI=1S/C24H35N3O4/c1-14(2)19(12-15(3)23(30)31)27(7)22(29)20(24(4,5)6)26-21(28)18-13-16-10-8-9-11-17(16)25-18/h8-12,14,18-20,25H,13H2,1-7H3,(H,26,28)(H,30,31)/b15-12+/t18-,19+,20?/m0/s1. The molecule has 1 aliphatic rings. The summed E-state index contributed by atoms with van der Waals surface area (Å²) in [5.41, 5.74) is 1.67. The van der Waals surface area contributed by atoms with Gasteiger partial charge in [0.15, 0.2) is 0 Å². The minimum Gasteiger partial charge on any atom is -0.478 e. The minimum atomic E-state index is -1.01. The van der Waals surface area contributed by atoms with E-state index in [4.69, 9.17) is 0 Å². The van der Waals surface area contributed by atoms with E-state index in [2.05, 4.69) is 10.6 Å². The van der Waals surface area contributed by atoms with Crippen molar-refractivity contribution in [3.63, 3.8) is 0 Å². The number of likely N-dealkylation sites (N-methyl/N-ethyl adjacent to an activating group) is 1. The molecule has 0 fully saturated rings. The first-order valence-electron chi connectivity index (χ1n) is 10.7. The van der Waals surface area contributed by atoms with Crippen molar-refractivity contribution in [3.05, 3.63) is 41.5 Å². The van der Waals surface area contributed by atoms with Crippen molar-refractivity contribution in [1.82, 2.24) is 10.2 Å². The number of benzene rings is 1. The Balaban J connectivity index is 2.21. The van der Waals surface area contributed by atoms with E-state index in [1.54, 1.807) is 18.0 Å². The van der Waals surface area contributed by atoms with Gasteiger partial charge in [-0.15, -0.1) is 0 Å². The molecule has 0 saturated heterocycles. The lowest BCUT2D eigenvalue weighted by molar-refractivity contribution is -0.140. The normalized spacial score (nSPS) is 18.1. The molecular formula is C24H35N3O4. The zero-order valence-electron chi connectivity index (χ0n) is 19.5. The van der Waals surface area contributed by atoms with Gasteiger partial charge >= 0.3 is 5.97 Å². The summed E-state index contributed by atoms with van der Waals surface area (Å²) < 4.78 is 0. The summed E-state index contributed by atoms with van der Waals surface area (Å²) in [4.78, 5) is 39.3. The van der Waals surface area contributed by atoms with E-state index < -0.39 is 29.5 Å². The number of fused-ring (bicyclic) bond motifs is 1. The highest BCUT2D eigenvalue weighted by Gasteiger charge is 2.39. The highest BCUT2D eigenvalue weighted by Crippen LogP contribution is 2.27. The minimum absolute atomic E-state index is 0.00516. The first-order chi connectivity index (χ1) is 14.3. The van der Waals surface area contributed by atoms with Gasteiger partial charge in [0.05, 0.1) is 6.04 Å². The lowest BCUT2D eigenvalue weighted by Gasteiger charge is -2.37. The predicted molar refractivity (Wildman–Crippen MR) is 122 cm³/mol. The summed E-state index contributed by atoms with van der Waals surface area (Å²) in [6, 6.07) is 6.19. The average Bonchev–Trinajstić information content (AvgIpc) is 3.12. The fourth-order valence-corrected chi connectivity index (χ4v) is 3.78. The summed E-state index contributed by atoms with van der Waals surface area (Å²) in [6.45, 7) is 11.1. The van der Waals surface area contributed by atoms with Gasteiger partial charge in [0.2, 0.25) is 11.8 Å². The number of hydrogen-bond acceptors (Lipinski definition) is 4. The zero-order valence-corrected chi connectivity index (χ0v) is 19.5. The molecule has 7 nitrogen and oxygen atoms in total. The summed E-state index contributed by atoms with van der Waals surface area (Å²) in [6.07, 6.45) is 2.17. The van der Waals surface area contributed by atoms with Gasteiger partial charge in [0, 0.05) is 24.7 Å². The Kier molecular flexibility index (Phi) is 7.52. The van der Waals surface area contributed by atoms with E-state index in [0.717, 1.165) is 11.3 Å². The first kappa shape index (κ1) is 24.4. The number of nitrogens with zero attached hydrogens (tertiary/aromatic N) is 1. The van der Waals surface area contributed by atoms with Crippen LogP contribution >= 0.6 is 0 Å². The van der Waals surface area contributed by atoms with Gasteiger partial charge in [-0.05, 0) is 29.9 Å². The van der Waals surface area contributed by atoms with E-state index >= 15 is 0 Å². The molecule has 1 heterocycles. The van der Waals surface area contributed by atoms with Gasteiger partial charge in [0.1, 0.15) is 12.1 Å². The third kappa shape index (κ3) is 5.87. The summed E-state index contributed by atoms with van der Waals surface area (Å²) in [5, 5.41) is 15.4. The van der Waals surface area contributed by atoms with Crippen LogP contribution in [-0.4, -0.2) is 53.0 Å². The molecular weight excluding hydrogens is 394 g/mol. The molecule has 2 amide bonds. The lowest BCUT2D eigenvalue weighted by atomic mass is 9.85. The molecule has 0 saturated carbocycles. The molecule has 3 N–H and O–H groups in total. The molecule has 31 heavy (non-hydrogen) atoms. The van der Waals surface area contributed by atoms with Crippen LogP contribution in [0.3, 0.4) is 0 Å². The molecule has 0 radical (unpaired) electrons. The van der Waals surface area contributed by atoms with E-state index in [9.17, 15) is 19.5 Å². The number of anilines is 1. The largest absolute Gasteiger partial charge is 0.478 e. The molecule has 0 aliphatic carbocycles. The molecule has 7 heteroatoms. The predicted octanol–water partition coefficient (Wildman–Crippen LogP) is 3.07. The molecule has 0 spiro atoms. The smallest absolute Gasteiger partial charge is 0.331 e. The van der Waals surface area contributed by atoms with Crippen LogP contribution in [0.4, 0.5) is 5.69 Å². The fourth-order valence-electron chi connectivity index (χ4n) is 3.78. The van der Waals surface area contributed by atoms with Gasteiger partial charge in [0.25, 0.3) is 0 Å². The van der Waals surface area contributed by atoms with Crippen molar-refractivity contribution in [3.8, 4) is 0 Å². The van der Waals surface area contributed by atoms with Crippen LogP contribution in [0.1, 0.15) is 47.1 Å². The van der Waals surface area contributed by atoms with E-state index in [1.807, 2.05) is 58.9 Å². The Bertz CT molecular complexity index is 845. The topological polar surface area (TPSA) is 98.7 Å². The van der Waals surface area contributed by atoms with Crippen molar-refractivity contribution in [2.75, 3.05) is 12.4 Å². The maximum atomic E-state index is 13.5. The number of carbonyl (C=O) groups is 3. The number of carboxylic acids is 1. The maximum Gasteiger partial charge on any atom is 0.331 e. The van der Waals surface area contributed by atoms with Crippen LogP contribution in [0.25, 0.3) is 0 Å². The molecule has 0 bridgehead atoms. The van der Waals surface area contributed by atoms with Crippen molar-refractivity contribution in [2.24, 2.45) is 11.3 Å². The van der Waals surface area contributed by atoms with Crippen LogP contribution in [0.2, 0.25) is 0 Å². The molecule has 170 valence electrons. The molecule has 2 rings (SSSR count). The molecule has 1 aromatic carbocycles. The van der Waals surface area contributed by atoms with Gasteiger partial charge in [-0.25, -0.2) is 4.79 Å². The number of amides is 2. The highest BCUT2D eigenvalue weighted by atomic mass is 16.4. The molecule has 1 aliphatic heterocycles. The third-order valence-electron chi connectivity index (χ3n) is 5.72. The van der Waals surface area contributed by atoms with Crippen molar-refractivity contribution < 1.29 is 19.5 Å². The zero-order chi connectivity index (χ0) is 23.5. The molecule has 1 aromatic rings. The van der Waals surface area contributed by atoms with Gasteiger partial charge in [-0.3, -0.25) is 9.59 Å². The SMILES string of the molecule is C/C(=C\[C@H](C(C)C)N(C)C(=O)C(NC(=O)[C@@H]1Cc2ccccc2N1)C(C)(C)C)C(=O)O. The van der Waals surface area contributed by atoms with E-state index in [0.29, 0.717) is 6.42 Å². The molecule has 0 aromatic heterocycles. The number of carboxylic acid groups (broad SMARTS) is 1. The van der Waals surface area contributed by atoms with Gasteiger partial charge < -0.3 is 20.6 Å². The number of aliphatic carboxylic acids is 1. The molecule has 3 atom stereocenters. The summed E-state index contributed by atoms with van der Waals surface area (Å²) in [5.74, 6) is -1.48. The summed E-state index contributed by atoms with van der Waals surface area (Å²) in [7, 11) is 1.66. The number of para-hydroxylation sites is 1. The van der Waals surface area contributed by atoms with Crippen molar-refractivity contribution in [2.45, 2.75) is 66.1 Å². The lowest BCUT2D eigenvalue weighted by Crippen LogP contribution is -2.58. The average molecular weight is 430 g/mol. The fraction of sp³-hybridized carbons (Fsp3) is 0.542. The van der Waals surface area contributed by atoms with Crippen LogP contribution in [0, 0.1) is 11.3 Å². The van der Waals surface area contributed by atoms with E-state index in [-0.39, 0.29) is 23.3 Å². The van der Waals surface area contributed by atoms with E-state index in [1.165, 1.54) is 6.92 Å². The highest BCUT2D eigenvalue weighted by molar-refractivity contribution is 5.93. The number of hydrogen-bond donors (Lipinski definition) is 3. The van der Waals surface area contributed by atoms with Crippen LogP contribution in [0.15, 0.2) is 35.9 Å². The second-order valence-corrected chi connectivity index (χ2v) is 9.70. The Hall–Kier alpha value is -2.83. The van der Waals surface area contributed by atoms with Gasteiger partial charge in [-0.1, -0.05) is 58.9 Å². The number of rotatable bonds is 7. The van der Waals surface area contributed by atoms with Crippen molar-refractivity contribution in [1.29, 1.82) is 0 Å². The Labute approximate surface area is 184 Å². The monoisotopic (exact) mass is 429 g/mol. The Morgan fingerprint density at radius 1 is 1.23 bits per heavy atom. The van der Waals surface area contributed by atoms with Crippen molar-refractivity contribution >= 4 is 23.5 Å². The van der Waals surface area contributed by atoms with Crippen LogP contribution in [0.5, 0.6) is 0 Å². The maximum absolute atomic E-state index is 13.5. The van der Waals surface area contributed by atoms with Crippen LogP contribution in [-0.2, 0) is 20.8 Å². The Morgan fingerprint density at radius 2 is 1.84 bits per heavy atom. The second kappa shape index (κ2) is 9.54. The summed E-state index contributed by atoms with van der Waals surface area (Å²) >= 11 is 0. The number of nitrogens with one attached hydrogen (secondary N) is 2. The van der Waals surface area contributed by atoms with Crippen LogP contribution < -0.4 is 10.6 Å². The number of carbonyl (C=O) groups excluding carboxylic acids is 2. The van der Waals surface area contributed by atoms with Gasteiger partial charge in [-0.2, -0.15) is 0 Å².